The molecule has 110 valence electrons. The number of para-hydroxylation sites is 1. The van der Waals surface area contributed by atoms with Gasteiger partial charge in [0.1, 0.15) is 0 Å². The van der Waals surface area contributed by atoms with E-state index in [9.17, 15) is 4.79 Å². The molecule has 1 atom stereocenters. The fraction of sp³-hybridized carbons (Fsp3) is 0.412. The topological polar surface area (TPSA) is 59.2 Å². The molecule has 1 aromatic carbocycles. The smallest absolute Gasteiger partial charge is 0.227 e. The largest absolute Gasteiger partial charge is 0.341 e. The van der Waals surface area contributed by atoms with E-state index in [-0.39, 0.29) is 11.9 Å². The van der Waals surface area contributed by atoms with Crippen LogP contribution in [0.2, 0.25) is 0 Å². The maximum Gasteiger partial charge on any atom is 0.227 e. The number of aromatic nitrogens is 1. The number of aryl methyl sites for hydroxylation is 2. The Hall–Kier alpha value is -1.94. The molecule has 3 rings (SSSR count). The minimum atomic E-state index is 0.130. The van der Waals surface area contributed by atoms with E-state index < -0.39 is 0 Å². The molecule has 4 heteroatoms. The number of carbonyl (C=O) groups is 1. The molecule has 2 heterocycles. The molecule has 0 spiro atoms. The highest BCUT2D eigenvalue weighted by atomic mass is 16.2. The Morgan fingerprint density at radius 2 is 2.14 bits per heavy atom. The van der Waals surface area contributed by atoms with Crippen LogP contribution in [0.5, 0.6) is 0 Å². The number of fused-ring (bicyclic) bond motifs is 1. The zero-order valence-corrected chi connectivity index (χ0v) is 12.6. The third-order valence-electron chi connectivity index (χ3n) is 4.39. The lowest BCUT2D eigenvalue weighted by Gasteiger charge is -2.18. The number of nitrogens with zero attached hydrogens (tertiary/aromatic N) is 2. The first kappa shape index (κ1) is 14.0. The number of rotatable bonds is 2. The van der Waals surface area contributed by atoms with Gasteiger partial charge in [-0.05, 0) is 37.5 Å². The normalized spacial score (nSPS) is 18.4. The lowest BCUT2D eigenvalue weighted by Crippen LogP contribution is -2.33. The highest BCUT2D eigenvalue weighted by Gasteiger charge is 2.24. The van der Waals surface area contributed by atoms with Gasteiger partial charge in [0.05, 0.1) is 11.9 Å². The summed E-state index contributed by atoms with van der Waals surface area (Å²) in [5.41, 5.74) is 10.0. The van der Waals surface area contributed by atoms with Crippen molar-refractivity contribution in [2.24, 2.45) is 5.73 Å². The number of carbonyl (C=O) groups excluding carboxylic acids is 1. The molecule has 1 aliphatic heterocycles. The summed E-state index contributed by atoms with van der Waals surface area (Å²) in [7, 11) is 0. The van der Waals surface area contributed by atoms with Crippen molar-refractivity contribution >= 4 is 16.8 Å². The van der Waals surface area contributed by atoms with Gasteiger partial charge in [-0.25, -0.2) is 0 Å². The predicted molar refractivity (Wildman–Crippen MR) is 84.1 cm³/mol. The molecular weight excluding hydrogens is 262 g/mol. The second kappa shape index (κ2) is 5.45. The van der Waals surface area contributed by atoms with Gasteiger partial charge in [-0.3, -0.25) is 9.78 Å². The van der Waals surface area contributed by atoms with E-state index in [1.54, 1.807) is 0 Å². The first-order valence-corrected chi connectivity index (χ1v) is 7.44. The summed E-state index contributed by atoms with van der Waals surface area (Å²) in [5.74, 6) is 0.159. The minimum Gasteiger partial charge on any atom is -0.341 e. The van der Waals surface area contributed by atoms with Crippen LogP contribution in [-0.2, 0) is 11.2 Å². The van der Waals surface area contributed by atoms with Crippen molar-refractivity contribution in [1.82, 2.24) is 9.88 Å². The monoisotopic (exact) mass is 283 g/mol. The number of likely N-dealkylation sites (tertiary alicyclic amines) is 1. The van der Waals surface area contributed by atoms with Crippen molar-refractivity contribution in [2.45, 2.75) is 32.7 Å². The Kier molecular flexibility index (Phi) is 3.64. The summed E-state index contributed by atoms with van der Waals surface area (Å²) in [5, 5.41) is 1.13. The molecule has 2 aromatic rings. The van der Waals surface area contributed by atoms with Crippen LogP contribution >= 0.6 is 0 Å². The molecule has 0 bridgehead atoms. The maximum atomic E-state index is 12.4. The van der Waals surface area contributed by atoms with Gasteiger partial charge in [0.25, 0.3) is 0 Å². The second-order valence-electron chi connectivity index (χ2n) is 5.88. The van der Waals surface area contributed by atoms with E-state index in [0.717, 1.165) is 40.7 Å². The van der Waals surface area contributed by atoms with Crippen LogP contribution in [0.4, 0.5) is 0 Å². The lowest BCUT2D eigenvalue weighted by molar-refractivity contribution is -0.129. The van der Waals surface area contributed by atoms with Gasteiger partial charge in [-0.2, -0.15) is 0 Å². The van der Waals surface area contributed by atoms with E-state index in [2.05, 4.69) is 18.0 Å². The van der Waals surface area contributed by atoms with Crippen LogP contribution < -0.4 is 5.73 Å². The molecular formula is C17H21N3O. The predicted octanol–water partition coefficient (Wildman–Crippen LogP) is 1.95. The zero-order chi connectivity index (χ0) is 15.0. The average Bonchev–Trinajstić information content (AvgIpc) is 2.90. The molecule has 0 saturated carbocycles. The van der Waals surface area contributed by atoms with Crippen molar-refractivity contribution in [2.75, 3.05) is 13.1 Å². The Bertz CT molecular complexity index is 696. The standard InChI is InChI=1S/C17H21N3O/c1-11-14-5-3-4-6-16(14)19-12(2)15(11)9-17(21)20-8-7-13(18)10-20/h3-6,13H,7-10,18H2,1-2H3. The molecule has 21 heavy (non-hydrogen) atoms. The molecule has 2 N–H and O–H groups in total. The number of nitrogens with two attached hydrogens (primary N) is 1. The first-order chi connectivity index (χ1) is 10.1. The number of hydrogen-bond acceptors (Lipinski definition) is 3. The lowest BCUT2D eigenvalue weighted by atomic mass is 9.99. The van der Waals surface area contributed by atoms with Gasteiger partial charge >= 0.3 is 0 Å². The summed E-state index contributed by atoms with van der Waals surface area (Å²) in [6.07, 6.45) is 1.32. The van der Waals surface area contributed by atoms with Crippen LogP contribution in [-0.4, -0.2) is 34.9 Å². The number of pyridine rings is 1. The average molecular weight is 283 g/mol. The van der Waals surface area contributed by atoms with Crippen LogP contribution in [0.25, 0.3) is 10.9 Å². The second-order valence-corrected chi connectivity index (χ2v) is 5.88. The Balaban J connectivity index is 1.91. The molecule has 1 saturated heterocycles. The highest BCUT2D eigenvalue weighted by Crippen LogP contribution is 2.23. The fourth-order valence-corrected chi connectivity index (χ4v) is 3.11. The Morgan fingerprint density at radius 3 is 2.86 bits per heavy atom. The minimum absolute atomic E-state index is 0.130. The SMILES string of the molecule is Cc1nc2ccccc2c(C)c1CC(=O)N1CCC(N)C1. The fourth-order valence-electron chi connectivity index (χ4n) is 3.11. The zero-order valence-electron chi connectivity index (χ0n) is 12.6. The van der Waals surface area contributed by atoms with Crippen molar-refractivity contribution in [3.05, 3.63) is 41.1 Å². The summed E-state index contributed by atoms with van der Waals surface area (Å²) in [6.45, 7) is 5.52. The van der Waals surface area contributed by atoms with Crippen LogP contribution in [0.15, 0.2) is 24.3 Å². The van der Waals surface area contributed by atoms with Crippen molar-refractivity contribution < 1.29 is 4.79 Å². The molecule has 1 aromatic heterocycles. The van der Waals surface area contributed by atoms with E-state index in [1.807, 2.05) is 30.0 Å². The van der Waals surface area contributed by atoms with E-state index in [4.69, 9.17) is 5.73 Å². The van der Waals surface area contributed by atoms with E-state index in [1.165, 1.54) is 0 Å². The molecule has 0 aliphatic carbocycles. The van der Waals surface area contributed by atoms with Gasteiger partial charge < -0.3 is 10.6 Å². The van der Waals surface area contributed by atoms with Gasteiger partial charge in [-0.1, -0.05) is 18.2 Å². The number of amides is 1. The summed E-state index contributed by atoms with van der Waals surface area (Å²) in [4.78, 5) is 19.0. The molecule has 1 amide bonds. The molecule has 0 radical (unpaired) electrons. The molecule has 1 unspecified atom stereocenters. The van der Waals surface area contributed by atoms with Crippen LogP contribution in [0, 0.1) is 13.8 Å². The van der Waals surface area contributed by atoms with Gasteiger partial charge in [0.15, 0.2) is 0 Å². The van der Waals surface area contributed by atoms with E-state index >= 15 is 0 Å². The van der Waals surface area contributed by atoms with E-state index in [0.29, 0.717) is 13.0 Å². The van der Waals surface area contributed by atoms with Crippen molar-refractivity contribution in [3.63, 3.8) is 0 Å². The number of benzene rings is 1. The first-order valence-electron chi connectivity index (χ1n) is 7.44. The Morgan fingerprint density at radius 1 is 1.38 bits per heavy atom. The van der Waals surface area contributed by atoms with Crippen LogP contribution in [0.1, 0.15) is 23.2 Å². The quantitative estimate of drug-likeness (QED) is 0.916. The van der Waals surface area contributed by atoms with Crippen molar-refractivity contribution in [3.8, 4) is 0 Å². The maximum absolute atomic E-state index is 12.4. The molecule has 1 fully saturated rings. The molecule has 1 aliphatic rings. The highest BCUT2D eigenvalue weighted by molar-refractivity contribution is 5.86. The summed E-state index contributed by atoms with van der Waals surface area (Å²) < 4.78 is 0. The van der Waals surface area contributed by atoms with Gasteiger partial charge in [0, 0.05) is 30.2 Å². The number of hydrogen-bond donors (Lipinski definition) is 1. The summed E-state index contributed by atoms with van der Waals surface area (Å²) >= 11 is 0. The van der Waals surface area contributed by atoms with Crippen LogP contribution in [0.3, 0.4) is 0 Å². The Labute approximate surface area is 125 Å². The summed E-state index contributed by atoms with van der Waals surface area (Å²) in [6, 6.07) is 8.21. The van der Waals surface area contributed by atoms with Gasteiger partial charge in [0.2, 0.25) is 5.91 Å². The van der Waals surface area contributed by atoms with Gasteiger partial charge in [-0.15, -0.1) is 0 Å². The third-order valence-corrected chi connectivity index (χ3v) is 4.39. The van der Waals surface area contributed by atoms with Crippen molar-refractivity contribution in [1.29, 1.82) is 0 Å². The third kappa shape index (κ3) is 2.63. The molecule has 4 nitrogen and oxygen atoms in total.